The second-order valence-electron chi connectivity index (χ2n) is 3.46. The molecule has 78 valence electrons. The van der Waals surface area contributed by atoms with Gasteiger partial charge in [-0.3, -0.25) is 0 Å². The number of rotatable bonds is 2. The molecule has 0 bridgehead atoms. The lowest BCUT2D eigenvalue weighted by Crippen LogP contribution is -2.00. The highest BCUT2D eigenvalue weighted by molar-refractivity contribution is 5.34. The molecule has 0 spiro atoms. The normalized spacial score (nSPS) is 12.7. The van der Waals surface area contributed by atoms with Gasteiger partial charge in [-0.05, 0) is 36.2 Å². The molecular weight excluding hydrogens is 195 g/mol. The zero-order valence-corrected chi connectivity index (χ0v) is 8.27. The second kappa shape index (κ2) is 3.87. The summed E-state index contributed by atoms with van der Waals surface area (Å²) in [6, 6.07) is 6.01. The third-order valence-corrected chi connectivity index (χ3v) is 2.39. The van der Waals surface area contributed by atoms with E-state index in [1.807, 2.05) is 0 Å². The van der Waals surface area contributed by atoms with Crippen molar-refractivity contribution in [3.8, 4) is 0 Å². The van der Waals surface area contributed by atoms with E-state index >= 15 is 0 Å². The van der Waals surface area contributed by atoms with Crippen molar-refractivity contribution in [2.45, 2.75) is 13.0 Å². The molecule has 0 radical (unpaired) electrons. The molecule has 0 aliphatic carbocycles. The number of aliphatic hydroxyl groups excluding tert-OH is 1. The molecule has 2 rings (SSSR count). The van der Waals surface area contributed by atoms with Crippen LogP contribution in [0.3, 0.4) is 0 Å². The largest absolute Gasteiger partial charge is 0.472 e. The minimum absolute atomic E-state index is 0.296. The Labute approximate surface area is 87.0 Å². The first-order valence-electron chi connectivity index (χ1n) is 4.64. The van der Waals surface area contributed by atoms with Gasteiger partial charge in [-0.1, -0.05) is 6.07 Å². The van der Waals surface area contributed by atoms with Crippen molar-refractivity contribution in [3.63, 3.8) is 0 Å². The molecular formula is C12H11FO2. The fourth-order valence-electron chi connectivity index (χ4n) is 1.56. The summed E-state index contributed by atoms with van der Waals surface area (Å²) in [6.07, 6.45) is 2.22. The van der Waals surface area contributed by atoms with Crippen LogP contribution in [-0.2, 0) is 0 Å². The molecule has 3 heteroatoms. The quantitative estimate of drug-likeness (QED) is 0.819. The first kappa shape index (κ1) is 9.93. The van der Waals surface area contributed by atoms with Crippen molar-refractivity contribution in [1.82, 2.24) is 0 Å². The number of aliphatic hydroxyl groups is 1. The summed E-state index contributed by atoms with van der Waals surface area (Å²) < 4.78 is 17.7. The van der Waals surface area contributed by atoms with Crippen LogP contribution in [-0.4, -0.2) is 5.11 Å². The van der Waals surface area contributed by atoms with Crippen LogP contribution in [0.15, 0.2) is 41.2 Å². The molecule has 1 unspecified atom stereocenters. The summed E-state index contributed by atoms with van der Waals surface area (Å²) in [4.78, 5) is 0. The van der Waals surface area contributed by atoms with Crippen molar-refractivity contribution in [3.05, 3.63) is 59.3 Å². The Bertz CT molecular complexity index is 449. The van der Waals surface area contributed by atoms with Crippen LogP contribution in [0.2, 0.25) is 0 Å². The van der Waals surface area contributed by atoms with Gasteiger partial charge in [-0.25, -0.2) is 4.39 Å². The molecule has 0 fully saturated rings. The van der Waals surface area contributed by atoms with Gasteiger partial charge >= 0.3 is 0 Å². The van der Waals surface area contributed by atoms with E-state index in [0.29, 0.717) is 11.1 Å². The molecule has 2 nitrogen and oxygen atoms in total. The molecule has 1 aromatic carbocycles. The maximum absolute atomic E-state index is 12.9. The van der Waals surface area contributed by atoms with E-state index in [9.17, 15) is 9.50 Å². The number of halogens is 1. The number of benzene rings is 1. The van der Waals surface area contributed by atoms with Gasteiger partial charge in [0, 0.05) is 5.56 Å². The van der Waals surface area contributed by atoms with Crippen LogP contribution in [0.25, 0.3) is 0 Å². The van der Waals surface area contributed by atoms with Gasteiger partial charge in [0.25, 0.3) is 0 Å². The molecule has 0 amide bonds. The summed E-state index contributed by atoms with van der Waals surface area (Å²) in [5, 5.41) is 9.97. The highest BCUT2D eigenvalue weighted by Gasteiger charge is 2.13. The third-order valence-electron chi connectivity index (χ3n) is 2.39. The van der Waals surface area contributed by atoms with Gasteiger partial charge in [0.2, 0.25) is 0 Å². The average molecular weight is 206 g/mol. The Morgan fingerprint density at radius 3 is 2.73 bits per heavy atom. The third kappa shape index (κ3) is 1.92. The Balaban J connectivity index is 2.38. The highest BCUT2D eigenvalue weighted by Crippen LogP contribution is 2.25. The van der Waals surface area contributed by atoms with E-state index in [1.165, 1.54) is 24.7 Å². The minimum Gasteiger partial charge on any atom is -0.472 e. The van der Waals surface area contributed by atoms with Crippen LogP contribution >= 0.6 is 0 Å². The SMILES string of the molecule is Cc1cc(F)ccc1C(O)c1ccoc1. The van der Waals surface area contributed by atoms with E-state index in [-0.39, 0.29) is 5.82 Å². The fraction of sp³-hybridized carbons (Fsp3) is 0.167. The topological polar surface area (TPSA) is 33.4 Å². The molecule has 0 aliphatic heterocycles. The summed E-state index contributed by atoms with van der Waals surface area (Å²) in [5.41, 5.74) is 2.09. The number of furan rings is 1. The van der Waals surface area contributed by atoms with Crippen LogP contribution in [0.5, 0.6) is 0 Å². The zero-order valence-electron chi connectivity index (χ0n) is 8.27. The molecule has 1 atom stereocenters. The zero-order chi connectivity index (χ0) is 10.8. The Kier molecular flexibility index (Phi) is 2.56. The molecule has 1 aromatic heterocycles. The lowest BCUT2D eigenvalue weighted by Gasteiger charge is -2.11. The van der Waals surface area contributed by atoms with Crippen molar-refractivity contribution in [2.75, 3.05) is 0 Å². The second-order valence-corrected chi connectivity index (χ2v) is 3.46. The Morgan fingerprint density at radius 1 is 1.33 bits per heavy atom. The van der Waals surface area contributed by atoms with Crippen LogP contribution in [0, 0.1) is 12.7 Å². The molecule has 0 saturated heterocycles. The molecule has 15 heavy (non-hydrogen) atoms. The van der Waals surface area contributed by atoms with Gasteiger partial charge in [-0.15, -0.1) is 0 Å². The lowest BCUT2D eigenvalue weighted by atomic mass is 9.99. The Morgan fingerprint density at radius 2 is 2.13 bits per heavy atom. The first-order valence-corrected chi connectivity index (χ1v) is 4.64. The maximum Gasteiger partial charge on any atom is 0.123 e. The Hall–Kier alpha value is -1.61. The summed E-state index contributed by atoms with van der Waals surface area (Å²) in [7, 11) is 0. The van der Waals surface area contributed by atoms with Gasteiger partial charge in [-0.2, -0.15) is 0 Å². The predicted molar refractivity (Wildman–Crippen MR) is 53.9 cm³/mol. The highest BCUT2D eigenvalue weighted by atomic mass is 19.1. The summed E-state index contributed by atoms with van der Waals surface area (Å²) >= 11 is 0. The van der Waals surface area contributed by atoms with Crippen LogP contribution in [0.1, 0.15) is 22.8 Å². The van der Waals surface area contributed by atoms with E-state index in [2.05, 4.69) is 0 Å². The molecule has 2 aromatic rings. The number of aryl methyl sites for hydroxylation is 1. The van der Waals surface area contributed by atoms with E-state index < -0.39 is 6.10 Å². The minimum atomic E-state index is -0.760. The van der Waals surface area contributed by atoms with E-state index in [1.54, 1.807) is 19.1 Å². The molecule has 1 N–H and O–H groups in total. The summed E-state index contributed by atoms with van der Waals surface area (Å²) in [5.74, 6) is -0.296. The molecule has 0 aliphatic rings. The van der Waals surface area contributed by atoms with Gasteiger partial charge in [0.05, 0.1) is 12.5 Å². The average Bonchev–Trinajstić information content (AvgIpc) is 2.69. The monoisotopic (exact) mass is 206 g/mol. The van der Waals surface area contributed by atoms with Crippen molar-refractivity contribution < 1.29 is 13.9 Å². The first-order chi connectivity index (χ1) is 7.18. The van der Waals surface area contributed by atoms with Gasteiger partial charge < -0.3 is 9.52 Å². The van der Waals surface area contributed by atoms with Crippen LogP contribution in [0.4, 0.5) is 4.39 Å². The number of hydrogen-bond donors (Lipinski definition) is 1. The molecule has 0 saturated carbocycles. The van der Waals surface area contributed by atoms with Crippen LogP contribution < -0.4 is 0 Å². The van der Waals surface area contributed by atoms with Crippen molar-refractivity contribution in [1.29, 1.82) is 0 Å². The van der Waals surface area contributed by atoms with E-state index in [4.69, 9.17) is 4.42 Å². The smallest absolute Gasteiger partial charge is 0.123 e. The standard InChI is InChI=1S/C12H11FO2/c1-8-6-10(13)2-3-11(8)12(14)9-4-5-15-7-9/h2-7,12,14H,1H3. The fourth-order valence-corrected chi connectivity index (χ4v) is 1.56. The summed E-state index contributed by atoms with van der Waals surface area (Å²) in [6.45, 7) is 1.77. The van der Waals surface area contributed by atoms with Crippen molar-refractivity contribution in [2.24, 2.45) is 0 Å². The van der Waals surface area contributed by atoms with Crippen molar-refractivity contribution >= 4 is 0 Å². The molecule has 1 heterocycles. The van der Waals surface area contributed by atoms with Gasteiger partial charge in [0.15, 0.2) is 0 Å². The lowest BCUT2D eigenvalue weighted by molar-refractivity contribution is 0.218. The van der Waals surface area contributed by atoms with E-state index in [0.717, 1.165) is 5.56 Å². The van der Waals surface area contributed by atoms with Gasteiger partial charge in [0.1, 0.15) is 11.9 Å². The number of hydrogen-bond acceptors (Lipinski definition) is 2. The predicted octanol–water partition coefficient (Wildman–Crippen LogP) is 2.81. The maximum atomic E-state index is 12.9.